The van der Waals surface area contributed by atoms with Crippen molar-refractivity contribution in [1.82, 2.24) is 4.72 Å². The molecule has 1 aromatic heterocycles. The molecule has 0 amide bonds. The number of alkyl halides is 1. The normalized spacial score (nSPS) is 13.8. The number of aryl methyl sites for hydroxylation is 1. The largest absolute Gasteiger partial charge is 0.250 e. The highest BCUT2D eigenvalue weighted by Gasteiger charge is 2.15. The first-order valence-corrected chi connectivity index (χ1v) is 9.00. The highest BCUT2D eigenvalue weighted by Crippen LogP contribution is 2.20. The lowest BCUT2D eigenvalue weighted by Crippen LogP contribution is -2.24. The summed E-state index contributed by atoms with van der Waals surface area (Å²) >= 11 is 4.71. The molecule has 17 heavy (non-hydrogen) atoms. The fourth-order valence-electron chi connectivity index (χ4n) is 1.36. The Bertz CT molecular complexity index is 442. The maximum Gasteiger partial charge on any atom is 0.250 e. The van der Waals surface area contributed by atoms with E-state index in [1.54, 1.807) is 6.07 Å². The molecule has 98 valence electrons. The van der Waals surface area contributed by atoms with Gasteiger partial charge in [-0.1, -0.05) is 22.9 Å². The second-order valence-corrected chi connectivity index (χ2v) is 8.09. The van der Waals surface area contributed by atoms with Gasteiger partial charge < -0.3 is 0 Å². The number of hydrogen-bond donors (Lipinski definition) is 1. The molecule has 0 saturated heterocycles. The monoisotopic (exact) mass is 339 g/mol. The van der Waals surface area contributed by atoms with Crippen molar-refractivity contribution in [2.45, 2.75) is 30.9 Å². The Labute approximate surface area is 116 Å². The van der Waals surface area contributed by atoms with Crippen molar-refractivity contribution in [1.29, 1.82) is 0 Å². The molecule has 0 fully saturated rings. The second kappa shape index (κ2) is 6.87. The summed E-state index contributed by atoms with van der Waals surface area (Å²) < 4.78 is 26.7. The Morgan fingerprint density at radius 3 is 2.71 bits per heavy atom. The van der Waals surface area contributed by atoms with Crippen LogP contribution in [-0.4, -0.2) is 20.3 Å². The SMILES string of the molecule is Cc1ccc(S(=O)(=O)NCCCC(C)CBr)s1. The van der Waals surface area contributed by atoms with Gasteiger partial charge in [-0.3, -0.25) is 0 Å². The molecule has 0 aliphatic carbocycles. The highest BCUT2D eigenvalue weighted by atomic mass is 79.9. The van der Waals surface area contributed by atoms with Gasteiger partial charge in [0, 0.05) is 16.8 Å². The van der Waals surface area contributed by atoms with Crippen LogP contribution in [0.15, 0.2) is 16.3 Å². The summed E-state index contributed by atoms with van der Waals surface area (Å²) in [5.41, 5.74) is 0. The predicted molar refractivity (Wildman–Crippen MR) is 76.4 cm³/mol. The van der Waals surface area contributed by atoms with Gasteiger partial charge in [0.05, 0.1) is 0 Å². The van der Waals surface area contributed by atoms with Crippen molar-refractivity contribution in [3.05, 3.63) is 17.0 Å². The number of rotatable bonds is 7. The molecule has 0 radical (unpaired) electrons. The van der Waals surface area contributed by atoms with E-state index in [4.69, 9.17) is 0 Å². The van der Waals surface area contributed by atoms with Gasteiger partial charge in [-0.15, -0.1) is 11.3 Å². The minimum absolute atomic E-state index is 0.406. The van der Waals surface area contributed by atoms with E-state index in [9.17, 15) is 8.42 Å². The standard InChI is InChI=1S/C11H18BrNO2S2/c1-9(8-12)4-3-7-13-17(14,15)11-6-5-10(2)16-11/h5-6,9,13H,3-4,7-8H2,1-2H3. The van der Waals surface area contributed by atoms with E-state index >= 15 is 0 Å². The number of nitrogens with one attached hydrogen (secondary N) is 1. The molecule has 1 N–H and O–H groups in total. The van der Waals surface area contributed by atoms with E-state index < -0.39 is 10.0 Å². The van der Waals surface area contributed by atoms with Crippen LogP contribution in [0.1, 0.15) is 24.6 Å². The average Bonchev–Trinajstić information content (AvgIpc) is 2.71. The summed E-state index contributed by atoms with van der Waals surface area (Å²) in [6.07, 6.45) is 1.90. The van der Waals surface area contributed by atoms with Crippen LogP contribution < -0.4 is 4.72 Å². The second-order valence-electron chi connectivity index (χ2n) is 4.16. The van der Waals surface area contributed by atoms with Crippen molar-refractivity contribution in [3.8, 4) is 0 Å². The molecular formula is C11H18BrNO2S2. The fraction of sp³-hybridized carbons (Fsp3) is 0.636. The van der Waals surface area contributed by atoms with Gasteiger partial charge in [-0.25, -0.2) is 13.1 Å². The Kier molecular flexibility index (Phi) is 6.12. The third-order valence-corrected chi connectivity index (χ3v) is 6.47. The van der Waals surface area contributed by atoms with E-state index in [0.717, 1.165) is 23.0 Å². The van der Waals surface area contributed by atoms with Crippen LogP contribution in [0.3, 0.4) is 0 Å². The molecule has 1 atom stereocenters. The van der Waals surface area contributed by atoms with E-state index in [1.165, 1.54) is 11.3 Å². The molecule has 6 heteroatoms. The van der Waals surface area contributed by atoms with E-state index in [1.807, 2.05) is 13.0 Å². The molecule has 0 aliphatic rings. The topological polar surface area (TPSA) is 46.2 Å². The first kappa shape index (κ1) is 15.1. The van der Waals surface area contributed by atoms with Crippen molar-refractivity contribution in [2.24, 2.45) is 5.92 Å². The minimum Gasteiger partial charge on any atom is -0.210 e. The zero-order valence-corrected chi connectivity index (χ0v) is 13.3. The fourth-order valence-corrected chi connectivity index (χ4v) is 4.09. The number of halogens is 1. The van der Waals surface area contributed by atoms with Crippen molar-refractivity contribution >= 4 is 37.3 Å². The first-order chi connectivity index (χ1) is 7.95. The smallest absolute Gasteiger partial charge is 0.210 e. The molecule has 1 unspecified atom stereocenters. The van der Waals surface area contributed by atoms with Crippen molar-refractivity contribution < 1.29 is 8.42 Å². The summed E-state index contributed by atoms with van der Waals surface area (Å²) in [5.74, 6) is 0.587. The van der Waals surface area contributed by atoms with E-state index in [-0.39, 0.29) is 0 Å². The van der Waals surface area contributed by atoms with Crippen LogP contribution in [0.2, 0.25) is 0 Å². The molecule has 1 rings (SSSR count). The summed E-state index contributed by atoms with van der Waals surface area (Å²) in [6.45, 7) is 4.56. The van der Waals surface area contributed by atoms with Gasteiger partial charge in [0.2, 0.25) is 10.0 Å². The van der Waals surface area contributed by atoms with Gasteiger partial charge in [0.15, 0.2) is 0 Å². The molecule has 0 saturated carbocycles. The maximum atomic E-state index is 11.8. The lowest BCUT2D eigenvalue weighted by Gasteiger charge is -2.08. The number of thiophene rings is 1. The zero-order chi connectivity index (χ0) is 12.9. The van der Waals surface area contributed by atoms with Crippen LogP contribution in [0, 0.1) is 12.8 Å². The quantitative estimate of drug-likeness (QED) is 0.612. The number of hydrogen-bond acceptors (Lipinski definition) is 3. The third kappa shape index (κ3) is 5.07. The average molecular weight is 340 g/mol. The predicted octanol–water partition coefficient (Wildman–Crippen LogP) is 3.15. The molecule has 0 aromatic carbocycles. The first-order valence-electron chi connectivity index (χ1n) is 5.58. The van der Waals surface area contributed by atoms with Crippen LogP contribution >= 0.6 is 27.3 Å². The Morgan fingerprint density at radius 1 is 1.47 bits per heavy atom. The summed E-state index contributed by atoms with van der Waals surface area (Å²) in [4.78, 5) is 1.01. The molecule has 1 heterocycles. The molecule has 1 aromatic rings. The van der Waals surface area contributed by atoms with Crippen molar-refractivity contribution in [2.75, 3.05) is 11.9 Å². The molecule has 3 nitrogen and oxygen atoms in total. The van der Waals surface area contributed by atoms with Crippen LogP contribution in [0.25, 0.3) is 0 Å². The molecule has 0 bridgehead atoms. The Morgan fingerprint density at radius 2 is 2.18 bits per heavy atom. The Balaban J connectivity index is 2.41. The third-order valence-electron chi connectivity index (χ3n) is 2.41. The van der Waals surface area contributed by atoms with Gasteiger partial charge >= 0.3 is 0 Å². The lowest BCUT2D eigenvalue weighted by atomic mass is 10.1. The van der Waals surface area contributed by atoms with E-state index in [0.29, 0.717) is 16.7 Å². The highest BCUT2D eigenvalue weighted by molar-refractivity contribution is 9.09. The summed E-state index contributed by atoms with van der Waals surface area (Å²) in [5, 5.41) is 0.962. The summed E-state index contributed by atoms with van der Waals surface area (Å²) in [7, 11) is -3.29. The lowest BCUT2D eigenvalue weighted by molar-refractivity contribution is 0.547. The van der Waals surface area contributed by atoms with E-state index in [2.05, 4.69) is 27.6 Å². The molecular weight excluding hydrogens is 322 g/mol. The number of sulfonamides is 1. The molecule has 0 aliphatic heterocycles. The molecule has 0 spiro atoms. The van der Waals surface area contributed by atoms with Gasteiger partial charge in [-0.2, -0.15) is 0 Å². The Hall–Kier alpha value is 0.0900. The zero-order valence-electron chi connectivity index (χ0n) is 10.1. The van der Waals surface area contributed by atoms with Crippen LogP contribution in [0.4, 0.5) is 0 Å². The maximum absolute atomic E-state index is 11.8. The van der Waals surface area contributed by atoms with Gasteiger partial charge in [-0.05, 0) is 37.8 Å². The minimum atomic E-state index is -3.29. The van der Waals surface area contributed by atoms with Gasteiger partial charge in [0.1, 0.15) is 4.21 Å². The summed E-state index contributed by atoms with van der Waals surface area (Å²) in [6, 6.07) is 3.48. The van der Waals surface area contributed by atoms with Crippen LogP contribution in [-0.2, 0) is 10.0 Å². The van der Waals surface area contributed by atoms with Crippen molar-refractivity contribution in [3.63, 3.8) is 0 Å². The van der Waals surface area contributed by atoms with Crippen LogP contribution in [0.5, 0.6) is 0 Å². The van der Waals surface area contributed by atoms with Gasteiger partial charge in [0.25, 0.3) is 0 Å².